The fraction of sp³-hybridized carbons (Fsp3) is 0.400. The van der Waals surface area contributed by atoms with Crippen molar-refractivity contribution in [1.29, 1.82) is 0 Å². The minimum atomic E-state index is -3.80. The molecular formula is C10H16N2O5S2. The number of sulfonamides is 2. The van der Waals surface area contributed by atoms with Crippen molar-refractivity contribution in [2.45, 2.75) is 11.8 Å². The Kier molecular flexibility index (Phi) is 4.91. The second kappa shape index (κ2) is 5.87. The van der Waals surface area contributed by atoms with Crippen LogP contribution >= 0.6 is 0 Å². The van der Waals surface area contributed by atoms with Crippen molar-refractivity contribution in [3.8, 4) is 0 Å². The van der Waals surface area contributed by atoms with Gasteiger partial charge in [-0.2, -0.15) is 0 Å². The van der Waals surface area contributed by atoms with Crippen LogP contribution < -0.4 is 9.86 Å². The molecule has 9 heteroatoms. The molecule has 0 aliphatic carbocycles. The van der Waals surface area contributed by atoms with Crippen LogP contribution in [0, 0.1) is 6.92 Å². The molecule has 1 aromatic rings. The van der Waals surface area contributed by atoms with E-state index in [9.17, 15) is 16.8 Å². The molecule has 0 aliphatic heterocycles. The van der Waals surface area contributed by atoms with E-state index in [0.717, 1.165) is 0 Å². The second-order valence-corrected chi connectivity index (χ2v) is 7.34. The number of primary sulfonamides is 1. The lowest BCUT2D eigenvalue weighted by molar-refractivity contribution is 0.217. The molecule has 0 unspecified atom stereocenters. The van der Waals surface area contributed by atoms with Crippen LogP contribution in [0.1, 0.15) is 5.56 Å². The van der Waals surface area contributed by atoms with Crippen molar-refractivity contribution in [2.75, 3.05) is 24.2 Å². The van der Waals surface area contributed by atoms with Gasteiger partial charge in [0.05, 0.1) is 22.9 Å². The van der Waals surface area contributed by atoms with Crippen molar-refractivity contribution in [1.82, 2.24) is 0 Å². The summed E-state index contributed by atoms with van der Waals surface area (Å²) in [7, 11) is -5.92. The molecule has 0 aliphatic rings. The molecule has 0 radical (unpaired) electrons. The third-order valence-corrected chi connectivity index (χ3v) is 4.49. The summed E-state index contributed by atoms with van der Waals surface area (Å²) < 4.78 is 52.7. The Bertz CT molecular complexity index is 652. The van der Waals surface area contributed by atoms with Crippen LogP contribution in [0.15, 0.2) is 23.1 Å². The van der Waals surface area contributed by atoms with E-state index in [1.807, 2.05) is 0 Å². The summed E-state index contributed by atoms with van der Waals surface area (Å²) >= 11 is 0. The molecule has 0 amide bonds. The number of methoxy groups -OCH3 is 1. The maximum atomic E-state index is 11.7. The molecule has 0 spiro atoms. The smallest absolute Gasteiger partial charge is 0.238 e. The van der Waals surface area contributed by atoms with Crippen LogP contribution in [0.5, 0.6) is 0 Å². The van der Waals surface area contributed by atoms with E-state index in [0.29, 0.717) is 11.3 Å². The molecule has 19 heavy (non-hydrogen) atoms. The average molecular weight is 308 g/mol. The maximum absolute atomic E-state index is 11.7. The first-order chi connectivity index (χ1) is 8.65. The molecule has 0 fully saturated rings. The van der Waals surface area contributed by atoms with Crippen molar-refractivity contribution >= 4 is 25.7 Å². The molecule has 0 atom stereocenters. The van der Waals surface area contributed by atoms with Crippen LogP contribution in [0.25, 0.3) is 0 Å². The molecule has 0 aromatic heterocycles. The summed E-state index contributed by atoms with van der Waals surface area (Å²) in [5.41, 5.74) is 0.774. The molecule has 0 saturated heterocycles. The van der Waals surface area contributed by atoms with Crippen LogP contribution in [-0.2, 0) is 24.8 Å². The van der Waals surface area contributed by atoms with E-state index < -0.39 is 20.0 Å². The average Bonchev–Trinajstić information content (AvgIpc) is 2.27. The lowest BCUT2D eigenvalue weighted by Gasteiger charge is -2.11. The van der Waals surface area contributed by atoms with Gasteiger partial charge in [-0.15, -0.1) is 0 Å². The highest BCUT2D eigenvalue weighted by Crippen LogP contribution is 2.20. The Morgan fingerprint density at radius 3 is 2.37 bits per heavy atom. The SMILES string of the molecule is COCCS(=O)(=O)Nc1ccc(S(N)(=O)=O)cc1C. The predicted octanol–water partition coefficient (Wildman–Crippen LogP) is 0.0305. The minimum Gasteiger partial charge on any atom is -0.384 e. The van der Waals surface area contributed by atoms with Gasteiger partial charge in [0.2, 0.25) is 20.0 Å². The topological polar surface area (TPSA) is 116 Å². The number of nitrogens with one attached hydrogen (secondary N) is 1. The third-order valence-electron chi connectivity index (χ3n) is 2.35. The van der Waals surface area contributed by atoms with Crippen LogP contribution in [0.4, 0.5) is 5.69 Å². The van der Waals surface area contributed by atoms with Gasteiger partial charge in [-0.25, -0.2) is 22.0 Å². The van der Waals surface area contributed by atoms with Gasteiger partial charge in [0, 0.05) is 7.11 Å². The van der Waals surface area contributed by atoms with Crippen molar-refractivity contribution in [2.24, 2.45) is 5.14 Å². The van der Waals surface area contributed by atoms with Crippen molar-refractivity contribution < 1.29 is 21.6 Å². The summed E-state index contributed by atoms with van der Waals surface area (Å²) in [5, 5.41) is 4.99. The summed E-state index contributed by atoms with van der Waals surface area (Å²) in [5.74, 6) is -0.181. The molecule has 0 bridgehead atoms. The number of aryl methyl sites for hydroxylation is 1. The number of hydrogen-bond donors (Lipinski definition) is 2. The molecule has 1 rings (SSSR count). The number of hydrogen-bond acceptors (Lipinski definition) is 5. The van der Waals surface area contributed by atoms with Gasteiger partial charge in [-0.1, -0.05) is 0 Å². The molecule has 0 saturated carbocycles. The molecule has 7 nitrogen and oxygen atoms in total. The van der Waals surface area contributed by atoms with Gasteiger partial charge in [-0.3, -0.25) is 4.72 Å². The van der Waals surface area contributed by atoms with Crippen molar-refractivity contribution in [3.05, 3.63) is 23.8 Å². The minimum absolute atomic E-state index is 0.0650. The Hall–Kier alpha value is -1.16. The van der Waals surface area contributed by atoms with E-state index in [-0.39, 0.29) is 17.3 Å². The summed E-state index contributed by atoms with van der Waals surface area (Å²) in [4.78, 5) is -0.0650. The first kappa shape index (κ1) is 15.9. The molecule has 0 heterocycles. The highest BCUT2D eigenvalue weighted by molar-refractivity contribution is 7.92. The number of rotatable bonds is 6. The number of nitrogens with two attached hydrogens (primary N) is 1. The number of benzene rings is 1. The first-order valence-electron chi connectivity index (χ1n) is 5.28. The molecule has 1 aromatic carbocycles. The van der Waals surface area contributed by atoms with Crippen LogP contribution in [-0.4, -0.2) is 36.3 Å². The lowest BCUT2D eigenvalue weighted by Crippen LogP contribution is -2.20. The van der Waals surface area contributed by atoms with Gasteiger partial charge in [0.25, 0.3) is 0 Å². The normalized spacial score (nSPS) is 12.4. The largest absolute Gasteiger partial charge is 0.384 e. The zero-order chi connectivity index (χ0) is 14.7. The van der Waals surface area contributed by atoms with Gasteiger partial charge in [0.1, 0.15) is 0 Å². The number of ether oxygens (including phenoxy) is 1. The van der Waals surface area contributed by atoms with E-state index >= 15 is 0 Å². The Morgan fingerprint density at radius 2 is 1.89 bits per heavy atom. The quantitative estimate of drug-likeness (QED) is 0.769. The van der Waals surface area contributed by atoms with Crippen LogP contribution in [0.3, 0.4) is 0 Å². The van der Waals surface area contributed by atoms with Gasteiger partial charge >= 0.3 is 0 Å². The fourth-order valence-electron chi connectivity index (χ4n) is 1.34. The van der Waals surface area contributed by atoms with E-state index in [4.69, 9.17) is 9.88 Å². The standard InChI is InChI=1S/C10H16N2O5S2/c1-8-7-9(19(11,15)16)3-4-10(8)12-18(13,14)6-5-17-2/h3-4,7,12H,5-6H2,1-2H3,(H2,11,15,16). The second-order valence-electron chi connectivity index (χ2n) is 3.94. The predicted molar refractivity (Wildman–Crippen MR) is 71.8 cm³/mol. The summed E-state index contributed by atoms with van der Waals surface area (Å²) in [6, 6.07) is 3.92. The maximum Gasteiger partial charge on any atom is 0.238 e. The third kappa shape index (κ3) is 4.78. The first-order valence-corrected chi connectivity index (χ1v) is 8.48. The van der Waals surface area contributed by atoms with Crippen molar-refractivity contribution in [3.63, 3.8) is 0 Å². The van der Waals surface area contributed by atoms with Gasteiger partial charge < -0.3 is 4.74 Å². The highest BCUT2D eigenvalue weighted by Gasteiger charge is 2.14. The lowest BCUT2D eigenvalue weighted by atomic mass is 10.2. The zero-order valence-electron chi connectivity index (χ0n) is 10.6. The Morgan fingerprint density at radius 1 is 1.26 bits per heavy atom. The Labute approximate surface area is 112 Å². The summed E-state index contributed by atoms with van der Waals surface area (Å²) in [6.07, 6.45) is 0. The Balaban J connectivity index is 2.99. The molecular weight excluding hydrogens is 292 g/mol. The van der Waals surface area contributed by atoms with E-state index in [1.165, 1.54) is 25.3 Å². The molecule has 108 valence electrons. The summed E-state index contributed by atoms with van der Waals surface area (Å²) in [6.45, 7) is 1.66. The highest BCUT2D eigenvalue weighted by atomic mass is 32.2. The monoisotopic (exact) mass is 308 g/mol. The zero-order valence-corrected chi connectivity index (χ0v) is 12.2. The fourth-order valence-corrected chi connectivity index (χ4v) is 2.99. The van der Waals surface area contributed by atoms with Gasteiger partial charge in [0.15, 0.2) is 0 Å². The van der Waals surface area contributed by atoms with E-state index in [1.54, 1.807) is 6.92 Å². The van der Waals surface area contributed by atoms with E-state index in [2.05, 4.69) is 4.72 Å². The molecule has 3 N–H and O–H groups in total. The van der Waals surface area contributed by atoms with Crippen LogP contribution in [0.2, 0.25) is 0 Å². The number of anilines is 1. The van der Waals surface area contributed by atoms with Gasteiger partial charge in [-0.05, 0) is 30.7 Å².